The van der Waals surface area contributed by atoms with Gasteiger partial charge in [0.25, 0.3) is 5.91 Å². The largest absolute Gasteiger partial charge is 0.350 e. The first-order valence-corrected chi connectivity index (χ1v) is 5.49. The molecule has 0 saturated heterocycles. The van der Waals surface area contributed by atoms with Crippen molar-refractivity contribution in [3.05, 3.63) is 18.2 Å². The summed E-state index contributed by atoms with van der Waals surface area (Å²) in [5, 5.41) is 2.85. The van der Waals surface area contributed by atoms with Gasteiger partial charge in [-0.2, -0.15) is 0 Å². The minimum absolute atomic E-state index is 0.0866. The Hall–Kier alpha value is -1.03. The lowest BCUT2D eigenvalue weighted by Gasteiger charge is -2.10. The molecule has 84 valence electrons. The number of carbonyl (C=O) groups excluding carboxylic acids is 1. The molecule has 1 amide bonds. The Kier molecular flexibility index (Phi) is 4.62. The van der Waals surface area contributed by atoms with Gasteiger partial charge in [-0.25, -0.2) is 4.98 Å². The van der Waals surface area contributed by atoms with Gasteiger partial charge in [0, 0.05) is 19.5 Å². The molecule has 0 spiro atoms. The third-order valence-corrected chi connectivity index (χ3v) is 2.48. The molecular formula is C10H16ClN3O. The number of aryl methyl sites for hydroxylation is 1. The van der Waals surface area contributed by atoms with Crippen LogP contribution in [0.3, 0.4) is 0 Å². The number of rotatable bonds is 5. The molecule has 1 unspecified atom stereocenters. The predicted molar refractivity (Wildman–Crippen MR) is 60.0 cm³/mol. The first-order valence-electron chi connectivity index (χ1n) is 4.95. The molecule has 0 radical (unpaired) electrons. The van der Waals surface area contributed by atoms with Crippen LogP contribution in [0.5, 0.6) is 0 Å². The number of hydrogen-bond donors (Lipinski definition) is 1. The Morgan fingerprint density at radius 2 is 2.47 bits per heavy atom. The first kappa shape index (κ1) is 12.0. The maximum Gasteiger partial charge on any atom is 0.269 e. The van der Waals surface area contributed by atoms with Crippen molar-refractivity contribution < 1.29 is 4.79 Å². The van der Waals surface area contributed by atoms with Gasteiger partial charge < -0.3 is 9.88 Å². The summed E-state index contributed by atoms with van der Waals surface area (Å²) >= 11 is 5.61. The Morgan fingerprint density at radius 1 is 1.73 bits per heavy atom. The lowest BCUT2D eigenvalue weighted by molar-refractivity contribution is 0.0939. The van der Waals surface area contributed by atoms with Crippen LogP contribution in [0.1, 0.15) is 23.8 Å². The summed E-state index contributed by atoms with van der Waals surface area (Å²) in [4.78, 5) is 15.5. The Bertz CT molecular complexity index is 324. The summed E-state index contributed by atoms with van der Waals surface area (Å²) in [6.45, 7) is 2.71. The van der Waals surface area contributed by atoms with Crippen LogP contribution in [0.2, 0.25) is 0 Å². The number of nitrogens with one attached hydrogen (secondary N) is 1. The minimum Gasteiger partial charge on any atom is -0.350 e. The molecule has 0 bridgehead atoms. The van der Waals surface area contributed by atoms with Crippen molar-refractivity contribution in [3.63, 3.8) is 0 Å². The van der Waals surface area contributed by atoms with Crippen molar-refractivity contribution in [3.8, 4) is 0 Å². The van der Waals surface area contributed by atoms with E-state index < -0.39 is 0 Å². The van der Waals surface area contributed by atoms with Crippen LogP contribution < -0.4 is 5.32 Å². The van der Waals surface area contributed by atoms with Gasteiger partial charge in [0.05, 0.1) is 12.5 Å². The monoisotopic (exact) mass is 229 g/mol. The Balaban J connectivity index is 2.40. The number of aromatic nitrogens is 2. The van der Waals surface area contributed by atoms with Gasteiger partial charge >= 0.3 is 0 Å². The van der Waals surface area contributed by atoms with Gasteiger partial charge in [-0.05, 0) is 12.3 Å². The number of carbonyl (C=O) groups is 1. The summed E-state index contributed by atoms with van der Waals surface area (Å²) in [5.41, 5.74) is 0.577. The van der Waals surface area contributed by atoms with Gasteiger partial charge in [-0.3, -0.25) is 4.79 Å². The lowest BCUT2D eigenvalue weighted by Crippen LogP contribution is -2.29. The van der Waals surface area contributed by atoms with E-state index >= 15 is 0 Å². The number of halogens is 1. The van der Waals surface area contributed by atoms with Crippen molar-refractivity contribution in [2.45, 2.75) is 13.3 Å². The lowest BCUT2D eigenvalue weighted by atomic mass is 10.1. The third-order valence-electron chi connectivity index (χ3n) is 2.26. The SMILES string of the molecule is CC(CCCl)CNC(=O)c1cncn1C. The third kappa shape index (κ3) is 3.55. The zero-order chi connectivity index (χ0) is 11.3. The number of nitrogens with zero attached hydrogens (tertiary/aromatic N) is 2. The standard InChI is InChI=1S/C10H16ClN3O/c1-8(3-4-11)5-13-10(15)9-6-12-7-14(9)2/h6-8H,3-5H2,1-2H3,(H,13,15). The van der Waals surface area contributed by atoms with Crippen LogP contribution in [0.25, 0.3) is 0 Å². The zero-order valence-corrected chi connectivity index (χ0v) is 9.79. The van der Waals surface area contributed by atoms with Gasteiger partial charge in [-0.1, -0.05) is 6.92 Å². The van der Waals surface area contributed by atoms with Gasteiger partial charge in [0.2, 0.25) is 0 Å². The summed E-state index contributed by atoms with van der Waals surface area (Å²) in [7, 11) is 1.80. The van der Waals surface area contributed by atoms with E-state index in [1.165, 1.54) is 0 Å². The fraction of sp³-hybridized carbons (Fsp3) is 0.600. The molecule has 1 heterocycles. The van der Waals surface area contributed by atoms with Crippen molar-refractivity contribution in [1.82, 2.24) is 14.9 Å². The second-order valence-electron chi connectivity index (χ2n) is 3.68. The smallest absolute Gasteiger partial charge is 0.269 e. The average Bonchev–Trinajstić information content (AvgIpc) is 2.61. The molecule has 0 aromatic carbocycles. The quantitative estimate of drug-likeness (QED) is 0.777. The molecule has 4 nitrogen and oxygen atoms in total. The van der Waals surface area contributed by atoms with E-state index in [0.717, 1.165) is 6.42 Å². The molecule has 0 fully saturated rings. The van der Waals surface area contributed by atoms with E-state index in [9.17, 15) is 4.79 Å². The molecule has 1 atom stereocenters. The summed E-state index contributed by atoms with van der Waals surface area (Å²) < 4.78 is 1.70. The summed E-state index contributed by atoms with van der Waals surface area (Å²) in [6.07, 6.45) is 4.08. The van der Waals surface area contributed by atoms with Crippen LogP contribution in [0.15, 0.2) is 12.5 Å². The molecule has 1 rings (SSSR count). The highest BCUT2D eigenvalue weighted by Crippen LogP contribution is 2.02. The van der Waals surface area contributed by atoms with Crippen LogP contribution in [-0.2, 0) is 7.05 Å². The number of hydrogen-bond acceptors (Lipinski definition) is 2. The summed E-state index contributed by atoms with van der Waals surface area (Å²) in [5.74, 6) is 0.944. The van der Waals surface area contributed by atoms with E-state index in [0.29, 0.717) is 24.0 Å². The second kappa shape index (κ2) is 5.75. The van der Waals surface area contributed by atoms with Crippen molar-refractivity contribution >= 4 is 17.5 Å². The molecule has 0 aliphatic heterocycles. The fourth-order valence-corrected chi connectivity index (χ4v) is 1.59. The molecule has 15 heavy (non-hydrogen) atoms. The molecule has 0 saturated carbocycles. The molecule has 1 aromatic heterocycles. The van der Waals surface area contributed by atoms with E-state index in [1.54, 1.807) is 24.1 Å². The van der Waals surface area contributed by atoms with E-state index in [-0.39, 0.29) is 5.91 Å². The highest BCUT2D eigenvalue weighted by Gasteiger charge is 2.10. The van der Waals surface area contributed by atoms with E-state index in [2.05, 4.69) is 17.2 Å². The fourth-order valence-electron chi connectivity index (χ4n) is 1.22. The van der Waals surface area contributed by atoms with E-state index in [4.69, 9.17) is 11.6 Å². The number of alkyl halides is 1. The van der Waals surface area contributed by atoms with E-state index in [1.807, 2.05) is 0 Å². The molecule has 0 aliphatic carbocycles. The average molecular weight is 230 g/mol. The Labute approximate surface area is 94.6 Å². The van der Waals surface area contributed by atoms with Gasteiger partial charge in [-0.15, -0.1) is 11.6 Å². The predicted octanol–water partition coefficient (Wildman–Crippen LogP) is 1.41. The maximum absolute atomic E-state index is 11.6. The molecule has 5 heteroatoms. The maximum atomic E-state index is 11.6. The highest BCUT2D eigenvalue weighted by atomic mass is 35.5. The topological polar surface area (TPSA) is 46.9 Å². The number of amides is 1. The molecule has 1 aromatic rings. The zero-order valence-electron chi connectivity index (χ0n) is 9.03. The number of imidazole rings is 1. The van der Waals surface area contributed by atoms with Gasteiger partial charge in [0.15, 0.2) is 0 Å². The summed E-state index contributed by atoms with van der Waals surface area (Å²) in [6, 6.07) is 0. The van der Waals surface area contributed by atoms with Gasteiger partial charge in [0.1, 0.15) is 5.69 Å². The van der Waals surface area contributed by atoms with Crippen LogP contribution >= 0.6 is 11.6 Å². The minimum atomic E-state index is -0.0866. The highest BCUT2D eigenvalue weighted by molar-refractivity contribution is 6.17. The molecule has 1 N–H and O–H groups in total. The van der Waals surface area contributed by atoms with Crippen molar-refractivity contribution in [2.75, 3.05) is 12.4 Å². The molecule has 0 aliphatic rings. The molecular weight excluding hydrogens is 214 g/mol. The van der Waals surface area contributed by atoms with Crippen LogP contribution in [-0.4, -0.2) is 27.9 Å². The normalized spacial score (nSPS) is 12.5. The first-order chi connectivity index (χ1) is 7.15. The van der Waals surface area contributed by atoms with Crippen molar-refractivity contribution in [1.29, 1.82) is 0 Å². The van der Waals surface area contributed by atoms with Crippen LogP contribution in [0.4, 0.5) is 0 Å². The second-order valence-corrected chi connectivity index (χ2v) is 4.06. The Morgan fingerprint density at radius 3 is 3.00 bits per heavy atom. The van der Waals surface area contributed by atoms with Crippen molar-refractivity contribution in [2.24, 2.45) is 13.0 Å². The van der Waals surface area contributed by atoms with Crippen LogP contribution in [0, 0.1) is 5.92 Å².